The van der Waals surface area contributed by atoms with Gasteiger partial charge in [-0.15, -0.1) is 0 Å². The molecule has 0 atom stereocenters. The van der Waals surface area contributed by atoms with Gasteiger partial charge < -0.3 is 20.5 Å². The maximum Gasteiger partial charge on any atom is 0.342 e. The summed E-state index contributed by atoms with van der Waals surface area (Å²) in [5.74, 6) is -1.22. The molecule has 0 spiro atoms. The van der Waals surface area contributed by atoms with E-state index >= 15 is 0 Å². The summed E-state index contributed by atoms with van der Waals surface area (Å²) in [4.78, 5) is 24.1. The minimum absolute atomic E-state index is 0.0466. The standard InChI is InChI=1S/C16H13Cl3N2O4/c1-24-13-6-12(20)11(19)5-8(13)16(23)25-7-14(22)21-15-9(17)3-2-4-10(15)18/h2-6H,7,20H2,1H3,(H,21,22). The van der Waals surface area contributed by atoms with E-state index in [0.29, 0.717) is 0 Å². The molecule has 2 aromatic carbocycles. The first-order valence-electron chi connectivity index (χ1n) is 6.87. The van der Waals surface area contributed by atoms with Crippen LogP contribution >= 0.6 is 34.8 Å². The molecule has 0 aliphatic heterocycles. The number of methoxy groups -OCH3 is 1. The van der Waals surface area contributed by atoms with Gasteiger partial charge in [0, 0.05) is 6.07 Å². The number of benzene rings is 2. The Bertz CT molecular complexity index is 807. The summed E-state index contributed by atoms with van der Waals surface area (Å²) >= 11 is 17.8. The molecule has 25 heavy (non-hydrogen) atoms. The number of carbonyl (C=O) groups excluding carboxylic acids is 2. The third-order valence-corrected chi connectivity index (χ3v) is 4.06. The van der Waals surface area contributed by atoms with E-state index in [9.17, 15) is 9.59 Å². The van der Waals surface area contributed by atoms with Crippen LogP contribution < -0.4 is 15.8 Å². The summed E-state index contributed by atoms with van der Waals surface area (Å²) in [6, 6.07) is 7.47. The lowest BCUT2D eigenvalue weighted by Crippen LogP contribution is -2.21. The summed E-state index contributed by atoms with van der Waals surface area (Å²) in [6.07, 6.45) is 0. The number of carbonyl (C=O) groups is 2. The highest BCUT2D eigenvalue weighted by atomic mass is 35.5. The van der Waals surface area contributed by atoms with Gasteiger partial charge >= 0.3 is 5.97 Å². The highest BCUT2D eigenvalue weighted by molar-refractivity contribution is 6.39. The van der Waals surface area contributed by atoms with E-state index in [0.717, 1.165) is 0 Å². The number of hydrogen-bond acceptors (Lipinski definition) is 5. The molecule has 0 aromatic heterocycles. The summed E-state index contributed by atoms with van der Waals surface area (Å²) in [6.45, 7) is -0.550. The van der Waals surface area contributed by atoms with Crippen molar-refractivity contribution in [3.05, 3.63) is 51.0 Å². The molecule has 0 saturated carbocycles. The second-order valence-electron chi connectivity index (χ2n) is 4.79. The molecule has 9 heteroatoms. The van der Waals surface area contributed by atoms with Crippen LogP contribution in [0.5, 0.6) is 5.75 Å². The molecule has 0 aliphatic rings. The van der Waals surface area contributed by atoms with Crippen molar-refractivity contribution in [1.29, 1.82) is 0 Å². The van der Waals surface area contributed by atoms with Gasteiger partial charge in [0.05, 0.1) is 33.6 Å². The number of hydrogen-bond donors (Lipinski definition) is 2. The third kappa shape index (κ3) is 4.69. The van der Waals surface area contributed by atoms with Crippen LogP contribution in [0.15, 0.2) is 30.3 Å². The fourth-order valence-corrected chi connectivity index (χ4v) is 2.55. The molecule has 2 rings (SSSR count). The van der Waals surface area contributed by atoms with Crippen molar-refractivity contribution in [2.75, 3.05) is 24.8 Å². The Morgan fingerprint density at radius 1 is 1.12 bits per heavy atom. The van der Waals surface area contributed by atoms with Gasteiger partial charge in [0.2, 0.25) is 0 Å². The van der Waals surface area contributed by atoms with E-state index in [1.54, 1.807) is 18.2 Å². The Labute approximate surface area is 158 Å². The Kier molecular flexibility index (Phi) is 6.36. The van der Waals surface area contributed by atoms with Crippen LogP contribution in [0.1, 0.15) is 10.4 Å². The van der Waals surface area contributed by atoms with E-state index in [2.05, 4.69) is 5.32 Å². The van der Waals surface area contributed by atoms with Crippen LogP contribution in [0.3, 0.4) is 0 Å². The first kappa shape index (κ1) is 19.2. The van der Waals surface area contributed by atoms with Crippen molar-refractivity contribution in [2.24, 2.45) is 0 Å². The monoisotopic (exact) mass is 402 g/mol. The molecular weight excluding hydrogens is 391 g/mol. The number of para-hydroxylation sites is 1. The zero-order valence-electron chi connectivity index (χ0n) is 12.9. The summed E-state index contributed by atoms with van der Waals surface area (Å²) in [5, 5.41) is 3.17. The number of nitrogens with one attached hydrogen (secondary N) is 1. The fourth-order valence-electron chi connectivity index (χ4n) is 1.90. The summed E-state index contributed by atoms with van der Waals surface area (Å²) < 4.78 is 10.0. The van der Waals surface area contributed by atoms with Crippen molar-refractivity contribution in [3.63, 3.8) is 0 Å². The van der Waals surface area contributed by atoms with Gasteiger partial charge in [0.1, 0.15) is 11.3 Å². The number of nitrogen functional groups attached to an aromatic ring is 1. The largest absolute Gasteiger partial charge is 0.496 e. The summed E-state index contributed by atoms with van der Waals surface area (Å²) in [5.41, 5.74) is 6.18. The normalized spacial score (nSPS) is 10.2. The number of rotatable bonds is 5. The lowest BCUT2D eigenvalue weighted by atomic mass is 10.2. The Hall–Kier alpha value is -2.15. The Balaban J connectivity index is 2.05. The quantitative estimate of drug-likeness (QED) is 0.581. The van der Waals surface area contributed by atoms with Gasteiger partial charge in [-0.2, -0.15) is 0 Å². The van der Waals surface area contributed by atoms with Gasteiger partial charge in [-0.3, -0.25) is 4.79 Å². The molecule has 0 radical (unpaired) electrons. The molecule has 0 heterocycles. The summed E-state index contributed by atoms with van der Waals surface area (Å²) in [7, 11) is 1.37. The number of ether oxygens (including phenoxy) is 2. The maximum absolute atomic E-state index is 12.1. The minimum atomic E-state index is -0.792. The van der Waals surface area contributed by atoms with Gasteiger partial charge in [0.15, 0.2) is 6.61 Å². The fraction of sp³-hybridized carbons (Fsp3) is 0.125. The molecule has 0 fully saturated rings. The Morgan fingerprint density at radius 2 is 1.76 bits per heavy atom. The van der Waals surface area contributed by atoms with Crippen LogP contribution in [0, 0.1) is 0 Å². The van der Waals surface area contributed by atoms with Crippen LogP contribution in [0.25, 0.3) is 0 Å². The number of amides is 1. The first-order chi connectivity index (χ1) is 11.8. The molecule has 3 N–H and O–H groups in total. The zero-order valence-corrected chi connectivity index (χ0v) is 15.2. The average Bonchev–Trinajstić information content (AvgIpc) is 2.58. The van der Waals surface area contributed by atoms with Crippen molar-refractivity contribution < 1.29 is 19.1 Å². The topological polar surface area (TPSA) is 90.7 Å². The number of nitrogens with two attached hydrogens (primary N) is 1. The molecule has 6 nitrogen and oxygen atoms in total. The lowest BCUT2D eigenvalue weighted by Gasteiger charge is -2.12. The van der Waals surface area contributed by atoms with Crippen molar-refractivity contribution >= 4 is 58.1 Å². The lowest BCUT2D eigenvalue weighted by molar-refractivity contribution is -0.119. The van der Waals surface area contributed by atoms with Gasteiger partial charge in [-0.1, -0.05) is 40.9 Å². The zero-order chi connectivity index (χ0) is 18.6. The smallest absolute Gasteiger partial charge is 0.342 e. The molecule has 132 valence electrons. The van der Waals surface area contributed by atoms with Crippen LogP contribution in [-0.2, 0) is 9.53 Å². The van der Waals surface area contributed by atoms with Crippen LogP contribution in [0.4, 0.5) is 11.4 Å². The Morgan fingerprint density at radius 3 is 2.36 bits per heavy atom. The van der Waals surface area contributed by atoms with E-state index in [1.165, 1.54) is 19.2 Å². The van der Waals surface area contributed by atoms with E-state index in [4.69, 9.17) is 50.0 Å². The van der Waals surface area contributed by atoms with Crippen molar-refractivity contribution in [3.8, 4) is 5.75 Å². The van der Waals surface area contributed by atoms with Crippen LogP contribution in [0.2, 0.25) is 15.1 Å². The SMILES string of the molecule is COc1cc(N)c(Cl)cc1C(=O)OCC(=O)Nc1c(Cl)cccc1Cl. The number of esters is 1. The number of halogens is 3. The second-order valence-corrected chi connectivity index (χ2v) is 6.02. The molecular formula is C16H13Cl3N2O4. The van der Waals surface area contributed by atoms with Gasteiger partial charge in [-0.25, -0.2) is 4.79 Å². The number of anilines is 2. The highest BCUT2D eigenvalue weighted by Crippen LogP contribution is 2.30. The molecule has 1 amide bonds. The molecule has 0 unspecified atom stereocenters. The molecule has 2 aromatic rings. The average molecular weight is 404 g/mol. The van der Waals surface area contributed by atoms with Gasteiger partial charge in [-0.05, 0) is 18.2 Å². The highest BCUT2D eigenvalue weighted by Gasteiger charge is 2.18. The van der Waals surface area contributed by atoms with Gasteiger partial charge in [0.25, 0.3) is 5.91 Å². The van der Waals surface area contributed by atoms with E-state index < -0.39 is 18.5 Å². The van der Waals surface area contributed by atoms with Crippen molar-refractivity contribution in [1.82, 2.24) is 0 Å². The predicted molar refractivity (Wildman–Crippen MR) is 97.8 cm³/mol. The predicted octanol–water partition coefficient (Wildman–Crippen LogP) is 4.03. The minimum Gasteiger partial charge on any atom is -0.496 e. The molecule has 0 saturated heterocycles. The first-order valence-corrected chi connectivity index (χ1v) is 8.01. The molecule has 0 aliphatic carbocycles. The van der Waals surface area contributed by atoms with Crippen LogP contribution in [-0.4, -0.2) is 25.6 Å². The van der Waals surface area contributed by atoms with E-state index in [-0.39, 0.29) is 37.8 Å². The van der Waals surface area contributed by atoms with E-state index in [1.807, 2.05) is 0 Å². The van der Waals surface area contributed by atoms with Crippen molar-refractivity contribution in [2.45, 2.75) is 0 Å². The third-order valence-electron chi connectivity index (χ3n) is 3.10. The molecule has 0 bridgehead atoms. The second kappa shape index (κ2) is 8.29. The maximum atomic E-state index is 12.1.